The molecule has 1 fully saturated rings. The second kappa shape index (κ2) is 7.41. The molecule has 1 saturated heterocycles. The van der Waals surface area contributed by atoms with Crippen molar-refractivity contribution in [3.63, 3.8) is 0 Å². The molecule has 0 radical (unpaired) electrons. The summed E-state index contributed by atoms with van der Waals surface area (Å²) in [6.07, 6.45) is 0.935. The van der Waals surface area contributed by atoms with Gasteiger partial charge in [-0.3, -0.25) is 9.69 Å². The Morgan fingerprint density at radius 3 is 2.80 bits per heavy atom. The van der Waals surface area contributed by atoms with Gasteiger partial charge in [0, 0.05) is 13.1 Å². The summed E-state index contributed by atoms with van der Waals surface area (Å²) < 4.78 is 11.0. The van der Waals surface area contributed by atoms with Crippen molar-refractivity contribution in [1.82, 2.24) is 4.90 Å². The molecule has 0 amide bonds. The van der Waals surface area contributed by atoms with E-state index in [0.717, 1.165) is 25.1 Å². The van der Waals surface area contributed by atoms with Gasteiger partial charge in [0.05, 0.1) is 31.9 Å². The number of rotatable bonds is 6. The fraction of sp³-hybridized carbons (Fsp3) is 0.562. The van der Waals surface area contributed by atoms with Crippen LogP contribution in [0, 0.1) is 6.92 Å². The number of hydrogen-bond donors (Lipinski definition) is 0. The molecule has 2 rings (SSSR count). The van der Waals surface area contributed by atoms with Crippen LogP contribution in [0.4, 0.5) is 0 Å². The average Bonchev–Trinajstić information content (AvgIpc) is 2.47. The minimum Gasteiger partial charge on any atom is -0.493 e. The van der Waals surface area contributed by atoms with Crippen molar-refractivity contribution < 1.29 is 14.3 Å². The fourth-order valence-corrected chi connectivity index (χ4v) is 2.25. The van der Waals surface area contributed by atoms with E-state index < -0.39 is 0 Å². The van der Waals surface area contributed by atoms with Crippen molar-refractivity contribution >= 4 is 5.78 Å². The lowest BCUT2D eigenvalue weighted by molar-refractivity contribution is 0.0370. The van der Waals surface area contributed by atoms with Gasteiger partial charge < -0.3 is 9.47 Å². The van der Waals surface area contributed by atoms with Gasteiger partial charge in [-0.05, 0) is 25.5 Å². The fourth-order valence-electron chi connectivity index (χ4n) is 2.25. The van der Waals surface area contributed by atoms with Gasteiger partial charge in [-0.25, -0.2) is 0 Å². The van der Waals surface area contributed by atoms with E-state index in [1.807, 2.05) is 25.1 Å². The number of morpholine rings is 1. The third-order valence-electron chi connectivity index (χ3n) is 3.37. The van der Waals surface area contributed by atoms with Crippen LogP contribution >= 0.6 is 0 Å². The molecule has 1 aliphatic rings. The lowest BCUT2D eigenvalue weighted by Gasteiger charge is -2.26. The maximum atomic E-state index is 12.5. The standard InChI is InChI=1S/C16H23NO3/c1-3-8-20-16-5-4-13(2)11-14(16)15(18)12-17-6-9-19-10-7-17/h4-5,11H,3,6-10,12H2,1-2H3. The number of aryl methyl sites for hydroxylation is 1. The first-order chi connectivity index (χ1) is 9.70. The van der Waals surface area contributed by atoms with Gasteiger partial charge in [0.15, 0.2) is 5.78 Å². The molecule has 0 aromatic heterocycles. The van der Waals surface area contributed by atoms with E-state index >= 15 is 0 Å². The number of nitrogens with zero attached hydrogens (tertiary/aromatic N) is 1. The lowest BCUT2D eigenvalue weighted by atomic mass is 10.1. The summed E-state index contributed by atoms with van der Waals surface area (Å²) in [7, 11) is 0. The monoisotopic (exact) mass is 277 g/mol. The maximum Gasteiger partial charge on any atom is 0.180 e. The highest BCUT2D eigenvalue weighted by Gasteiger charge is 2.18. The van der Waals surface area contributed by atoms with Crippen LogP contribution in [0.5, 0.6) is 5.75 Å². The number of ether oxygens (including phenoxy) is 2. The molecule has 0 aliphatic carbocycles. The molecule has 4 heteroatoms. The number of carbonyl (C=O) groups is 1. The van der Waals surface area contributed by atoms with Crippen LogP contribution in [0.15, 0.2) is 18.2 Å². The second-order valence-corrected chi connectivity index (χ2v) is 5.16. The van der Waals surface area contributed by atoms with Crippen molar-refractivity contribution in [2.75, 3.05) is 39.5 Å². The van der Waals surface area contributed by atoms with Crippen molar-refractivity contribution in [2.24, 2.45) is 0 Å². The van der Waals surface area contributed by atoms with Crippen LogP contribution in [0.3, 0.4) is 0 Å². The zero-order valence-corrected chi connectivity index (χ0v) is 12.4. The van der Waals surface area contributed by atoms with E-state index in [1.165, 1.54) is 0 Å². The van der Waals surface area contributed by atoms with Crippen molar-refractivity contribution in [3.05, 3.63) is 29.3 Å². The van der Waals surface area contributed by atoms with Gasteiger partial charge in [0.1, 0.15) is 5.75 Å². The summed E-state index contributed by atoms with van der Waals surface area (Å²) in [6, 6.07) is 5.81. The molecule has 1 heterocycles. The predicted octanol–water partition coefficient (Wildman–Crippen LogP) is 2.30. The summed E-state index contributed by atoms with van der Waals surface area (Å²) in [5, 5.41) is 0. The van der Waals surface area contributed by atoms with Crippen LogP contribution in [-0.4, -0.2) is 50.1 Å². The van der Waals surface area contributed by atoms with E-state index in [2.05, 4.69) is 11.8 Å². The molecule has 4 nitrogen and oxygen atoms in total. The third-order valence-corrected chi connectivity index (χ3v) is 3.37. The van der Waals surface area contributed by atoms with Crippen LogP contribution in [-0.2, 0) is 4.74 Å². The van der Waals surface area contributed by atoms with Crippen LogP contribution in [0.25, 0.3) is 0 Å². The van der Waals surface area contributed by atoms with E-state index in [0.29, 0.717) is 37.7 Å². The van der Waals surface area contributed by atoms with Crippen molar-refractivity contribution in [3.8, 4) is 5.75 Å². The van der Waals surface area contributed by atoms with Gasteiger partial charge in [-0.1, -0.05) is 18.6 Å². The van der Waals surface area contributed by atoms with Crippen LogP contribution in [0.1, 0.15) is 29.3 Å². The van der Waals surface area contributed by atoms with E-state index in [9.17, 15) is 4.79 Å². The average molecular weight is 277 g/mol. The first-order valence-corrected chi connectivity index (χ1v) is 7.27. The zero-order valence-electron chi connectivity index (χ0n) is 12.4. The van der Waals surface area contributed by atoms with Gasteiger partial charge in [-0.2, -0.15) is 0 Å². The van der Waals surface area contributed by atoms with Gasteiger partial charge in [0.25, 0.3) is 0 Å². The molecule has 0 N–H and O–H groups in total. The molecule has 110 valence electrons. The lowest BCUT2D eigenvalue weighted by Crippen LogP contribution is -2.39. The Morgan fingerprint density at radius 2 is 2.10 bits per heavy atom. The van der Waals surface area contributed by atoms with E-state index in [4.69, 9.17) is 9.47 Å². The highest BCUT2D eigenvalue weighted by atomic mass is 16.5. The van der Waals surface area contributed by atoms with E-state index in [1.54, 1.807) is 0 Å². The number of hydrogen-bond acceptors (Lipinski definition) is 4. The number of Topliss-reactive ketones (excluding diaryl/α,β-unsaturated/α-hetero) is 1. The minimum atomic E-state index is 0.127. The maximum absolute atomic E-state index is 12.5. The first kappa shape index (κ1) is 15.0. The number of carbonyl (C=O) groups excluding carboxylic acids is 1. The largest absolute Gasteiger partial charge is 0.493 e. The summed E-state index contributed by atoms with van der Waals surface area (Å²) in [5.41, 5.74) is 1.78. The van der Waals surface area contributed by atoms with E-state index in [-0.39, 0.29) is 5.78 Å². The SMILES string of the molecule is CCCOc1ccc(C)cc1C(=O)CN1CCOCC1. The predicted molar refractivity (Wildman–Crippen MR) is 78.6 cm³/mol. The molecular weight excluding hydrogens is 254 g/mol. The Hall–Kier alpha value is -1.39. The van der Waals surface area contributed by atoms with Crippen LogP contribution < -0.4 is 4.74 Å². The van der Waals surface area contributed by atoms with Gasteiger partial charge >= 0.3 is 0 Å². The molecule has 20 heavy (non-hydrogen) atoms. The topological polar surface area (TPSA) is 38.8 Å². The molecular formula is C16H23NO3. The van der Waals surface area contributed by atoms with Gasteiger partial charge in [0.2, 0.25) is 0 Å². The quantitative estimate of drug-likeness (QED) is 0.748. The molecule has 1 aromatic rings. The summed E-state index contributed by atoms with van der Waals surface area (Å²) in [5.74, 6) is 0.831. The summed E-state index contributed by atoms with van der Waals surface area (Å²) >= 11 is 0. The number of benzene rings is 1. The molecule has 1 aromatic carbocycles. The highest BCUT2D eigenvalue weighted by Crippen LogP contribution is 2.21. The Balaban J connectivity index is 2.08. The Morgan fingerprint density at radius 1 is 1.35 bits per heavy atom. The van der Waals surface area contributed by atoms with Crippen LogP contribution in [0.2, 0.25) is 0 Å². The smallest absolute Gasteiger partial charge is 0.180 e. The zero-order chi connectivity index (χ0) is 14.4. The first-order valence-electron chi connectivity index (χ1n) is 7.27. The molecule has 0 bridgehead atoms. The second-order valence-electron chi connectivity index (χ2n) is 5.16. The normalized spacial score (nSPS) is 16.1. The third kappa shape index (κ3) is 4.05. The molecule has 0 spiro atoms. The Kier molecular flexibility index (Phi) is 5.56. The summed E-state index contributed by atoms with van der Waals surface area (Å²) in [4.78, 5) is 14.6. The molecule has 0 atom stereocenters. The Labute approximate surface area is 120 Å². The minimum absolute atomic E-state index is 0.127. The highest BCUT2D eigenvalue weighted by molar-refractivity contribution is 6.00. The number of ketones is 1. The van der Waals surface area contributed by atoms with Gasteiger partial charge in [-0.15, -0.1) is 0 Å². The molecule has 0 saturated carbocycles. The Bertz CT molecular complexity index is 453. The van der Waals surface area contributed by atoms with Crippen molar-refractivity contribution in [2.45, 2.75) is 20.3 Å². The molecule has 1 aliphatic heterocycles. The summed E-state index contributed by atoms with van der Waals surface area (Å²) in [6.45, 7) is 8.20. The molecule has 0 unspecified atom stereocenters. The van der Waals surface area contributed by atoms with Crippen molar-refractivity contribution in [1.29, 1.82) is 0 Å².